The zero-order chi connectivity index (χ0) is 17.0. The third-order valence-corrected chi connectivity index (χ3v) is 3.87. The van der Waals surface area contributed by atoms with Crippen LogP contribution in [0.2, 0.25) is 0 Å². The molecule has 1 unspecified atom stereocenters. The van der Waals surface area contributed by atoms with Gasteiger partial charge in [-0.25, -0.2) is 9.48 Å². The van der Waals surface area contributed by atoms with E-state index in [9.17, 15) is 9.59 Å². The number of hydrogen-bond donors (Lipinski definition) is 1. The van der Waals surface area contributed by atoms with Crippen LogP contribution >= 0.6 is 0 Å². The summed E-state index contributed by atoms with van der Waals surface area (Å²) in [6.07, 6.45) is 0.854. The summed E-state index contributed by atoms with van der Waals surface area (Å²) < 4.78 is 2.21. The molecule has 0 bridgehead atoms. The first-order valence-corrected chi connectivity index (χ1v) is 7.48. The molecule has 0 saturated carbocycles. The fourth-order valence-corrected chi connectivity index (χ4v) is 2.35. The van der Waals surface area contributed by atoms with E-state index in [4.69, 9.17) is 0 Å². The first-order valence-electron chi connectivity index (χ1n) is 7.48. The van der Waals surface area contributed by atoms with Crippen molar-refractivity contribution in [3.63, 3.8) is 0 Å². The maximum atomic E-state index is 12.1. The zero-order valence-electron chi connectivity index (χ0n) is 14.0. The van der Waals surface area contributed by atoms with Gasteiger partial charge in [-0.2, -0.15) is 0 Å². The van der Waals surface area contributed by atoms with Gasteiger partial charge < -0.3 is 10.2 Å². The van der Waals surface area contributed by atoms with Gasteiger partial charge in [-0.3, -0.25) is 9.36 Å². The molecule has 0 aliphatic heterocycles. The highest BCUT2D eigenvalue weighted by Crippen LogP contribution is 2.07. The van der Waals surface area contributed by atoms with Gasteiger partial charge in [0.05, 0.1) is 0 Å². The summed E-state index contributed by atoms with van der Waals surface area (Å²) in [4.78, 5) is 25.9. The van der Waals surface area contributed by atoms with Gasteiger partial charge >= 0.3 is 5.69 Å². The lowest BCUT2D eigenvalue weighted by atomic mass is 10.1. The lowest BCUT2D eigenvalue weighted by Crippen LogP contribution is -2.42. The fourth-order valence-electron chi connectivity index (χ4n) is 2.35. The molecule has 0 amide bonds. The van der Waals surface area contributed by atoms with E-state index in [1.54, 1.807) is 0 Å². The van der Waals surface area contributed by atoms with Crippen LogP contribution in [-0.4, -0.2) is 45.9 Å². The van der Waals surface area contributed by atoms with Crippen molar-refractivity contribution in [3.05, 3.63) is 56.7 Å². The minimum atomic E-state index is -0.436. The van der Waals surface area contributed by atoms with Crippen LogP contribution in [0.1, 0.15) is 5.56 Å². The molecular weight excluding hydrogens is 294 g/mol. The first-order chi connectivity index (χ1) is 10.9. The standard InChI is InChI=1S/C16H23N5O2/c1-19(2)13(10-12-8-6-5-7-9-12)11-17-14-15(22)20(3)16(23)21(4)18-14/h5-9,13H,10-11H2,1-4H3,(H,17,18). The van der Waals surface area contributed by atoms with E-state index >= 15 is 0 Å². The summed E-state index contributed by atoms with van der Waals surface area (Å²) in [5, 5.41) is 7.09. The molecule has 1 heterocycles. The average molecular weight is 317 g/mol. The highest BCUT2D eigenvalue weighted by molar-refractivity contribution is 5.30. The number of rotatable bonds is 6. The SMILES string of the molecule is CN(C)C(CNc1nn(C)c(=O)n(C)c1=O)Cc1ccccc1. The quantitative estimate of drug-likeness (QED) is 0.816. The van der Waals surface area contributed by atoms with E-state index in [1.165, 1.54) is 19.7 Å². The van der Waals surface area contributed by atoms with Crippen LogP contribution in [0.15, 0.2) is 39.9 Å². The van der Waals surface area contributed by atoms with E-state index < -0.39 is 11.2 Å². The number of aryl methyl sites for hydroxylation is 1. The first kappa shape index (κ1) is 17.0. The molecule has 0 fully saturated rings. The van der Waals surface area contributed by atoms with Crippen molar-refractivity contribution in [3.8, 4) is 0 Å². The smallest absolute Gasteiger partial charge is 0.346 e. The molecule has 0 aliphatic rings. The summed E-state index contributed by atoms with van der Waals surface area (Å²) in [6, 6.07) is 10.4. The Labute approximate surface area is 135 Å². The van der Waals surface area contributed by atoms with Gasteiger partial charge in [-0.05, 0) is 26.1 Å². The summed E-state index contributed by atoms with van der Waals surface area (Å²) in [6.45, 7) is 0.558. The van der Waals surface area contributed by atoms with Crippen molar-refractivity contribution >= 4 is 5.82 Å². The Morgan fingerprint density at radius 2 is 1.83 bits per heavy atom. The van der Waals surface area contributed by atoms with E-state index in [1.807, 2.05) is 32.3 Å². The summed E-state index contributed by atoms with van der Waals surface area (Å²) >= 11 is 0. The largest absolute Gasteiger partial charge is 0.362 e. The molecule has 0 saturated heterocycles. The molecule has 1 N–H and O–H groups in total. The van der Waals surface area contributed by atoms with Crippen molar-refractivity contribution in [1.29, 1.82) is 0 Å². The number of likely N-dealkylation sites (N-methyl/N-ethyl adjacent to an activating group) is 1. The highest BCUT2D eigenvalue weighted by atomic mass is 16.2. The third-order valence-electron chi connectivity index (χ3n) is 3.87. The van der Waals surface area contributed by atoms with Gasteiger partial charge in [0.1, 0.15) is 0 Å². The summed E-state index contributed by atoms with van der Waals surface area (Å²) in [7, 11) is 6.98. The van der Waals surface area contributed by atoms with Crippen LogP contribution in [-0.2, 0) is 20.5 Å². The van der Waals surface area contributed by atoms with Crippen molar-refractivity contribution in [2.45, 2.75) is 12.5 Å². The molecule has 1 aromatic heterocycles. The van der Waals surface area contributed by atoms with Gasteiger partial charge in [0.15, 0.2) is 0 Å². The Hall–Kier alpha value is -2.41. The van der Waals surface area contributed by atoms with Crippen molar-refractivity contribution < 1.29 is 0 Å². The predicted molar refractivity (Wildman–Crippen MR) is 90.8 cm³/mol. The van der Waals surface area contributed by atoms with Crippen LogP contribution in [0.4, 0.5) is 5.82 Å². The average Bonchev–Trinajstić information content (AvgIpc) is 2.54. The van der Waals surface area contributed by atoms with E-state index in [0.29, 0.717) is 6.54 Å². The van der Waals surface area contributed by atoms with E-state index in [0.717, 1.165) is 15.7 Å². The number of nitrogens with one attached hydrogen (secondary N) is 1. The second-order valence-corrected chi connectivity index (χ2v) is 5.81. The minimum Gasteiger partial charge on any atom is -0.362 e. The van der Waals surface area contributed by atoms with E-state index in [2.05, 4.69) is 27.4 Å². The molecule has 2 rings (SSSR count). The van der Waals surface area contributed by atoms with Gasteiger partial charge in [0.2, 0.25) is 5.82 Å². The third kappa shape index (κ3) is 4.07. The number of nitrogens with zero attached hydrogens (tertiary/aromatic N) is 4. The lowest BCUT2D eigenvalue weighted by Gasteiger charge is -2.25. The van der Waals surface area contributed by atoms with E-state index in [-0.39, 0.29) is 11.9 Å². The maximum Gasteiger partial charge on any atom is 0.346 e. The molecule has 7 heteroatoms. The molecule has 0 spiro atoms. The number of aromatic nitrogens is 3. The Kier molecular flexibility index (Phi) is 5.33. The summed E-state index contributed by atoms with van der Waals surface area (Å²) in [5.74, 6) is 0.189. The fraction of sp³-hybridized carbons (Fsp3) is 0.438. The molecule has 0 radical (unpaired) electrons. The van der Waals surface area contributed by atoms with Gasteiger partial charge in [-0.1, -0.05) is 30.3 Å². The molecule has 124 valence electrons. The molecule has 1 aromatic carbocycles. The van der Waals surface area contributed by atoms with Gasteiger partial charge in [-0.15, -0.1) is 5.10 Å². The topological polar surface area (TPSA) is 72.2 Å². The second kappa shape index (κ2) is 7.23. The van der Waals surface area contributed by atoms with Crippen molar-refractivity contribution in [2.75, 3.05) is 26.0 Å². The molecule has 2 aromatic rings. The zero-order valence-corrected chi connectivity index (χ0v) is 14.0. The maximum absolute atomic E-state index is 12.1. The number of benzene rings is 1. The predicted octanol–water partition coefficient (Wildman–Crippen LogP) is 0.0638. The monoisotopic (exact) mass is 317 g/mol. The Morgan fingerprint density at radius 1 is 1.17 bits per heavy atom. The molecule has 7 nitrogen and oxygen atoms in total. The highest BCUT2D eigenvalue weighted by Gasteiger charge is 2.15. The Morgan fingerprint density at radius 3 is 2.43 bits per heavy atom. The van der Waals surface area contributed by atoms with Gasteiger partial charge in [0, 0.05) is 26.7 Å². The molecule has 0 aliphatic carbocycles. The normalized spacial score (nSPS) is 12.4. The lowest BCUT2D eigenvalue weighted by molar-refractivity contribution is 0.303. The van der Waals surface area contributed by atoms with Gasteiger partial charge in [0.25, 0.3) is 5.56 Å². The number of hydrogen-bond acceptors (Lipinski definition) is 5. The molecular formula is C16H23N5O2. The van der Waals surface area contributed by atoms with Crippen LogP contribution in [0.5, 0.6) is 0 Å². The van der Waals surface area contributed by atoms with Crippen molar-refractivity contribution in [1.82, 2.24) is 19.2 Å². The Balaban J connectivity index is 2.14. The Bertz CT molecular complexity index is 764. The number of anilines is 1. The van der Waals surface area contributed by atoms with Crippen LogP contribution in [0.25, 0.3) is 0 Å². The minimum absolute atomic E-state index is 0.189. The van der Waals surface area contributed by atoms with Crippen LogP contribution in [0, 0.1) is 0 Å². The summed E-state index contributed by atoms with van der Waals surface area (Å²) in [5.41, 5.74) is 0.383. The second-order valence-electron chi connectivity index (χ2n) is 5.81. The van der Waals surface area contributed by atoms with Crippen LogP contribution < -0.4 is 16.6 Å². The van der Waals surface area contributed by atoms with Crippen LogP contribution in [0.3, 0.4) is 0 Å². The van der Waals surface area contributed by atoms with Crippen molar-refractivity contribution in [2.24, 2.45) is 14.1 Å². The molecule has 23 heavy (non-hydrogen) atoms. The molecule has 1 atom stereocenters.